The molecular weight excluding hydrogens is 275 g/mol. The quantitative estimate of drug-likeness (QED) is 0.370. The van der Waals surface area contributed by atoms with Gasteiger partial charge in [0, 0.05) is 0 Å². The molecule has 0 aliphatic rings. The van der Waals surface area contributed by atoms with Crippen molar-refractivity contribution in [3.63, 3.8) is 0 Å². The maximum absolute atomic E-state index is 11.8. The Morgan fingerprint density at radius 3 is 1.84 bits per heavy atom. The molecule has 0 spiro atoms. The molecule has 8 heteroatoms. The van der Waals surface area contributed by atoms with E-state index in [4.69, 9.17) is 9.84 Å². The summed E-state index contributed by atoms with van der Waals surface area (Å²) in [6, 6.07) is 0. The molecule has 2 atom stereocenters. The Kier molecular flexibility index (Phi) is 6.82. The molecule has 0 saturated carbocycles. The molecule has 0 aromatic heterocycles. The van der Waals surface area contributed by atoms with Crippen LogP contribution in [0.1, 0.15) is 27.7 Å². The summed E-state index contributed by atoms with van der Waals surface area (Å²) in [5.74, 6) is -1.16. The molecule has 0 saturated heterocycles. The zero-order valence-electron chi connectivity index (χ0n) is 11.6. The minimum absolute atomic E-state index is 0.159. The molecule has 114 valence electrons. The third-order valence-electron chi connectivity index (χ3n) is 3.15. The van der Waals surface area contributed by atoms with E-state index in [1.165, 1.54) is 0 Å². The summed E-state index contributed by atoms with van der Waals surface area (Å²) >= 11 is 0. The maximum atomic E-state index is 11.8. The van der Waals surface area contributed by atoms with Gasteiger partial charge in [0.2, 0.25) is 0 Å². The normalized spacial score (nSPS) is 16.7. The summed E-state index contributed by atoms with van der Waals surface area (Å²) in [7, 11) is -4.70. The van der Waals surface area contributed by atoms with Gasteiger partial charge in [0.15, 0.2) is 11.6 Å². The molecule has 19 heavy (non-hydrogen) atoms. The highest BCUT2D eigenvalue weighted by Gasteiger charge is 2.55. The lowest BCUT2D eigenvalue weighted by Crippen LogP contribution is -2.50. The van der Waals surface area contributed by atoms with Gasteiger partial charge in [-0.05, 0) is 11.8 Å². The van der Waals surface area contributed by atoms with Crippen LogP contribution >= 0.6 is 7.60 Å². The van der Waals surface area contributed by atoms with E-state index in [0.717, 1.165) is 0 Å². The fourth-order valence-corrected chi connectivity index (χ4v) is 3.84. The van der Waals surface area contributed by atoms with Gasteiger partial charge in [0.25, 0.3) is 0 Å². The largest absolute Gasteiger partial charge is 0.394 e. The lowest BCUT2D eigenvalue weighted by Gasteiger charge is -2.43. The highest BCUT2D eigenvalue weighted by atomic mass is 31.2. The van der Waals surface area contributed by atoms with Crippen LogP contribution in [0.4, 0.5) is 0 Å². The Labute approximate surface area is 112 Å². The fourth-order valence-electron chi connectivity index (χ4n) is 2.23. The summed E-state index contributed by atoms with van der Waals surface area (Å²) in [4.78, 5) is 29.7. The molecule has 7 nitrogen and oxygen atoms in total. The van der Waals surface area contributed by atoms with Crippen LogP contribution in [-0.4, -0.2) is 50.4 Å². The van der Waals surface area contributed by atoms with Crippen molar-refractivity contribution in [2.45, 2.75) is 45.2 Å². The zero-order chi connectivity index (χ0) is 15.4. The smallest absolute Gasteiger partial charge is 0.357 e. The monoisotopic (exact) mass is 298 g/mol. The molecule has 0 radical (unpaired) electrons. The van der Waals surface area contributed by atoms with E-state index in [9.17, 15) is 24.3 Å². The summed E-state index contributed by atoms with van der Waals surface area (Å²) in [5.41, 5.74) is 0. The molecule has 4 N–H and O–H groups in total. The minimum Gasteiger partial charge on any atom is -0.394 e. The molecule has 0 amide bonds. The van der Waals surface area contributed by atoms with Gasteiger partial charge in [-0.2, -0.15) is 0 Å². The molecule has 0 heterocycles. The molecule has 0 bridgehead atoms. The Hall–Kier alpha value is -0.300. The highest BCUT2D eigenvalue weighted by molar-refractivity contribution is 7.53. The van der Waals surface area contributed by atoms with Crippen LogP contribution in [0.25, 0.3) is 0 Å². The first kappa shape index (κ1) is 18.7. The van der Waals surface area contributed by atoms with Crippen molar-refractivity contribution in [2.75, 3.05) is 6.61 Å². The van der Waals surface area contributed by atoms with Crippen LogP contribution in [0.5, 0.6) is 0 Å². The average Bonchev–Trinajstić information content (AvgIpc) is 2.26. The predicted octanol–water partition coefficient (Wildman–Crippen LogP) is 0.110. The van der Waals surface area contributed by atoms with E-state index < -0.39 is 43.6 Å². The van der Waals surface area contributed by atoms with Crippen molar-refractivity contribution in [3.8, 4) is 0 Å². The van der Waals surface area contributed by atoms with Crippen molar-refractivity contribution in [1.29, 1.82) is 0 Å². The predicted molar refractivity (Wildman–Crippen MR) is 68.5 cm³/mol. The van der Waals surface area contributed by atoms with Crippen LogP contribution in [0.2, 0.25) is 0 Å². The SMILES string of the molecule is CC(C)C(O[C@@H](CO)[C@@H](O)C=O)(C(C)C)P(=O)(O)O. The number of aldehydes is 1. The van der Waals surface area contributed by atoms with E-state index in [1.807, 2.05) is 0 Å². The second-order valence-electron chi connectivity index (χ2n) is 5.07. The maximum Gasteiger partial charge on any atom is 0.357 e. The summed E-state index contributed by atoms with van der Waals surface area (Å²) in [5, 5.41) is 16.7. The molecule has 0 aliphatic heterocycles. The third-order valence-corrected chi connectivity index (χ3v) is 5.20. The third kappa shape index (κ3) is 3.84. The fraction of sp³-hybridized carbons (Fsp3) is 0.909. The number of carbonyl (C=O) groups excluding carboxylic acids is 1. The number of carbonyl (C=O) groups is 1. The van der Waals surface area contributed by atoms with Crippen molar-refractivity contribution < 1.29 is 34.1 Å². The molecular formula is C11H23O7P. The number of hydrogen-bond acceptors (Lipinski definition) is 5. The standard InChI is InChI=1S/C11H23O7P/c1-7(2)11(8(3)4,19(15,16)17)18-10(6-13)9(14)5-12/h5,7-10,13-14H,6H2,1-4H3,(H2,15,16,17)/t9-,10-/m0/s1. The first-order valence-corrected chi connectivity index (χ1v) is 7.63. The van der Waals surface area contributed by atoms with Crippen LogP contribution in [-0.2, 0) is 14.1 Å². The molecule has 0 fully saturated rings. The molecule has 0 aromatic rings. The van der Waals surface area contributed by atoms with Gasteiger partial charge in [-0.15, -0.1) is 0 Å². The summed E-state index contributed by atoms with van der Waals surface area (Å²) in [6.07, 6.45) is -2.87. The average molecular weight is 298 g/mol. The highest BCUT2D eigenvalue weighted by Crippen LogP contribution is 2.59. The lowest BCUT2D eigenvalue weighted by molar-refractivity contribution is -0.158. The topological polar surface area (TPSA) is 124 Å². The van der Waals surface area contributed by atoms with E-state index in [0.29, 0.717) is 0 Å². The Bertz CT molecular complexity index is 328. The molecule has 0 aliphatic carbocycles. The molecule has 0 unspecified atom stereocenters. The van der Waals surface area contributed by atoms with Crippen molar-refractivity contribution in [1.82, 2.24) is 0 Å². The Morgan fingerprint density at radius 1 is 1.21 bits per heavy atom. The second kappa shape index (κ2) is 6.92. The van der Waals surface area contributed by atoms with Crippen LogP contribution in [0.3, 0.4) is 0 Å². The minimum atomic E-state index is -4.70. The van der Waals surface area contributed by atoms with Crippen molar-refractivity contribution in [2.24, 2.45) is 11.8 Å². The van der Waals surface area contributed by atoms with E-state index >= 15 is 0 Å². The van der Waals surface area contributed by atoms with E-state index in [2.05, 4.69) is 0 Å². The second-order valence-corrected chi connectivity index (χ2v) is 6.86. The van der Waals surface area contributed by atoms with Gasteiger partial charge in [0.1, 0.15) is 12.2 Å². The number of aliphatic hydroxyl groups is 2. The zero-order valence-corrected chi connectivity index (χ0v) is 12.4. The first-order valence-electron chi connectivity index (χ1n) is 6.02. The molecule has 0 aromatic carbocycles. The van der Waals surface area contributed by atoms with Gasteiger partial charge in [-0.25, -0.2) is 0 Å². The van der Waals surface area contributed by atoms with Crippen LogP contribution in [0.15, 0.2) is 0 Å². The van der Waals surface area contributed by atoms with Crippen molar-refractivity contribution in [3.05, 3.63) is 0 Å². The Morgan fingerprint density at radius 2 is 1.63 bits per heavy atom. The molecule has 0 rings (SSSR count). The van der Waals surface area contributed by atoms with Gasteiger partial charge < -0.3 is 29.5 Å². The summed E-state index contributed by atoms with van der Waals surface area (Å²) < 4.78 is 17.1. The Balaban J connectivity index is 5.61. The van der Waals surface area contributed by atoms with E-state index in [1.54, 1.807) is 27.7 Å². The summed E-state index contributed by atoms with van der Waals surface area (Å²) in [6.45, 7) is 5.56. The van der Waals surface area contributed by atoms with Gasteiger partial charge in [-0.1, -0.05) is 27.7 Å². The lowest BCUT2D eigenvalue weighted by atomic mass is 9.94. The first-order chi connectivity index (χ1) is 8.54. The van der Waals surface area contributed by atoms with Crippen LogP contribution in [0, 0.1) is 11.8 Å². The van der Waals surface area contributed by atoms with Gasteiger partial charge >= 0.3 is 7.60 Å². The van der Waals surface area contributed by atoms with Crippen LogP contribution < -0.4 is 0 Å². The van der Waals surface area contributed by atoms with E-state index in [-0.39, 0.29) is 6.29 Å². The van der Waals surface area contributed by atoms with Gasteiger partial charge in [0.05, 0.1) is 6.61 Å². The number of rotatable bonds is 8. The number of hydrogen-bond donors (Lipinski definition) is 4. The van der Waals surface area contributed by atoms with Gasteiger partial charge in [-0.3, -0.25) is 4.57 Å². The number of aliphatic hydroxyl groups excluding tert-OH is 2. The number of ether oxygens (including phenoxy) is 1. The van der Waals surface area contributed by atoms with Crippen molar-refractivity contribution >= 4 is 13.9 Å².